The molecule has 1 aliphatic carbocycles. The van der Waals surface area contributed by atoms with Crippen LogP contribution in [0.4, 0.5) is 22.0 Å². The molecule has 0 spiro atoms. The summed E-state index contributed by atoms with van der Waals surface area (Å²) in [5.41, 5.74) is 1.79. The standard InChI is InChI=1S/C29H25F5/c1-2-3-4-6-18-15-25(31)27(26(32)16-18)22-13-14-23-21(17-22)12-11-20(28(23)33)10-9-19-7-5-8-24(30)29(19)34/h5,7-8,11-12,15-16,22H,2-4,6,13-14,17H2,1H3. The number of hydrogen-bond donors (Lipinski definition) is 0. The van der Waals surface area contributed by atoms with Crippen LogP contribution in [0.1, 0.15) is 71.9 Å². The Labute approximate surface area is 196 Å². The highest BCUT2D eigenvalue weighted by Gasteiger charge is 2.28. The molecule has 0 nitrogen and oxygen atoms in total. The molecule has 0 aliphatic heterocycles. The largest absolute Gasteiger partial charge is 0.207 e. The second kappa shape index (κ2) is 10.4. The summed E-state index contributed by atoms with van der Waals surface area (Å²) in [6.07, 6.45) is 4.62. The van der Waals surface area contributed by atoms with E-state index < -0.39 is 29.1 Å². The third-order valence-electron chi connectivity index (χ3n) is 6.45. The fraction of sp³-hybridized carbons (Fsp3) is 0.310. The molecule has 3 aromatic carbocycles. The van der Waals surface area contributed by atoms with Crippen molar-refractivity contribution in [1.29, 1.82) is 0 Å². The summed E-state index contributed by atoms with van der Waals surface area (Å²) in [5, 5.41) is 0. The smallest absolute Gasteiger partial charge is 0.174 e. The Morgan fingerprint density at radius 3 is 2.24 bits per heavy atom. The van der Waals surface area contributed by atoms with Gasteiger partial charge in [0.25, 0.3) is 0 Å². The molecular formula is C29H25F5. The first kappa shape index (κ1) is 24.0. The lowest BCUT2D eigenvalue weighted by molar-refractivity contribution is 0.480. The molecular weight excluding hydrogens is 443 g/mol. The maximum Gasteiger partial charge on any atom is 0.174 e. The van der Waals surface area contributed by atoms with Crippen molar-refractivity contribution in [3.8, 4) is 11.8 Å². The van der Waals surface area contributed by atoms with Gasteiger partial charge < -0.3 is 0 Å². The van der Waals surface area contributed by atoms with E-state index in [1.165, 1.54) is 30.3 Å². The van der Waals surface area contributed by atoms with E-state index in [2.05, 4.69) is 18.8 Å². The number of fused-ring (bicyclic) bond motifs is 1. The molecule has 0 aromatic heterocycles. The minimum Gasteiger partial charge on any atom is -0.207 e. The van der Waals surface area contributed by atoms with Gasteiger partial charge in [-0.25, -0.2) is 22.0 Å². The summed E-state index contributed by atoms with van der Waals surface area (Å²) in [5.74, 6) is 0.998. The molecule has 0 radical (unpaired) electrons. The van der Waals surface area contributed by atoms with E-state index in [9.17, 15) is 17.6 Å². The lowest BCUT2D eigenvalue weighted by atomic mass is 9.78. The molecule has 0 bridgehead atoms. The Morgan fingerprint density at radius 1 is 0.824 bits per heavy atom. The maximum absolute atomic E-state index is 15.1. The predicted molar refractivity (Wildman–Crippen MR) is 123 cm³/mol. The van der Waals surface area contributed by atoms with E-state index in [4.69, 9.17) is 0 Å². The van der Waals surface area contributed by atoms with Gasteiger partial charge in [0.15, 0.2) is 11.6 Å². The Kier molecular flexibility index (Phi) is 7.36. The van der Waals surface area contributed by atoms with Crippen LogP contribution in [0, 0.1) is 40.9 Å². The Bertz CT molecular complexity index is 1240. The fourth-order valence-electron chi connectivity index (χ4n) is 4.64. The molecule has 0 saturated heterocycles. The molecule has 0 heterocycles. The van der Waals surface area contributed by atoms with E-state index >= 15 is 4.39 Å². The molecule has 3 aromatic rings. The van der Waals surface area contributed by atoms with Crippen LogP contribution < -0.4 is 0 Å². The average molecular weight is 469 g/mol. The Balaban J connectivity index is 1.56. The Hall–Kier alpha value is -3.13. The summed E-state index contributed by atoms with van der Waals surface area (Å²) in [4.78, 5) is 0. The number of hydrogen-bond acceptors (Lipinski definition) is 0. The third-order valence-corrected chi connectivity index (χ3v) is 6.45. The van der Waals surface area contributed by atoms with E-state index in [1.54, 1.807) is 6.07 Å². The summed E-state index contributed by atoms with van der Waals surface area (Å²) in [7, 11) is 0. The van der Waals surface area contributed by atoms with Crippen molar-refractivity contribution in [3.05, 3.63) is 105 Å². The zero-order valence-corrected chi connectivity index (χ0v) is 19.0. The minimum atomic E-state index is -1.07. The van der Waals surface area contributed by atoms with Gasteiger partial charge in [0.05, 0.1) is 11.1 Å². The molecule has 34 heavy (non-hydrogen) atoms. The van der Waals surface area contributed by atoms with Gasteiger partial charge in [-0.1, -0.05) is 43.7 Å². The molecule has 0 saturated carbocycles. The monoisotopic (exact) mass is 468 g/mol. The van der Waals surface area contributed by atoms with Crippen molar-refractivity contribution < 1.29 is 22.0 Å². The molecule has 1 atom stereocenters. The van der Waals surface area contributed by atoms with Crippen LogP contribution in [0.2, 0.25) is 0 Å². The number of aryl methyl sites for hydroxylation is 1. The molecule has 1 unspecified atom stereocenters. The van der Waals surface area contributed by atoms with Gasteiger partial charge in [0, 0.05) is 5.56 Å². The van der Waals surface area contributed by atoms with Gasteiger partial charge in [-0.3, -0.25) is 0 Å². The highest BCUT2D eigenvalue weighted by molar-refractivity contribution is 5.48. The molecule has 1 aliphatic rings. The van der Waals surface area contributed by atoms with Gasteiger partial charge in [0.2, 0.25) is 0 Å². The first-order chi connectivity index (χ1) is 16.4. The zero-order valence-electron chi connectivity index (χ0n) is 19.0. The summed E-state index contributed by atoms with van der Waals surface area (Å²) in [6, 6.07) is 9.67. The van der Waals surface area contributed by atoms with Crippen LogP contribution in [-0.2, 0) is 19.3 Å². The summed E-state index contributed by atoms with van der Waals surface area (Å²) >= 11 is 0. The minimum absolute atomic E-state index is 0.0655. The van der Waals surface area contributed by atoms with Crippen LogP contribution in [0.15, 0.2) is 42.5 Å². The van der Waals surface area contributed by atoms with Crippen molar-refractivity contribution in [2.75, 3.05) is 0 Å². The van der Waals surface area contributed by atoms with Gasteiger partial charge in [0.1, 0.15) is 17.5 Å². The van der Waals surface area contributed by atoms with E-state index in [0.29, 0.717) is 42.4 Å². The third kappa shape index (κ3) is 5.01. The molecule has 4 rings (SSSR count). The molecule has 0 fully saturated rings. The van der Waals surface area contributed by atoms with Crippen molar-refractivity contribution in [2.45, 2.75) is 57.8 Å². The highest BCUT2D eigenvalue weighted by atomic mass is 19.2. The second-order valence-corrected chi connectivity index (χ2v) is 8.79. The second-order valence-electron chi connectivity index (χ2n) is 8.79. The highest BCUT2D eigenvalue weighted by Crippen LogP contribution is 2.37. The van der Waals surface area contributed by atoms with Crippen molar-refractivity contribution in [2.24, 2.45) is 0 Å². The van der Waals surface area contributed by atoms with Crippen LogP contribution in [0.3, 0.4) is 0 Å². The van der Waals surface area contributed by atoms with E-state index in [0.717, 1.165) is 25.3 Å². The van der Waals surface area contributed by atoms with Gasteiger partial charge in [-0.15, -0.1) is 0 Å². The molecule has 176 valence electrons. The first-order valence-corrected chi connectivity index (χ1v) is 11.6. The van der Waals surface area contributed by atoms with Gasteiger partial charge in [-0.2, -0.15) is 0 Å². The molecule has 0 amide bonds. The summed E-state index contributed by atoms with van der Waals surface area (Å²) in [6.45, 7) is 2.08. The fourth-order valence-corrected chi connectivity index (χ4v) is 4.64. The number of unbranched alkanes of at least 4 members (excludes halogenated alkanes) is 2. The van der Waals surface area contributed by atoms with Crippen LogP contribution in [0.5, 0.6) is 0 Å². The normalized spacial score (nSPS) is 14.9. The van der Waals surface area contributed by atoms with E-state index in [-0.39, 0.29) is 22.6 Å². The van der Waals surface area contributed by atoms with Crippen LogP contribution in [0.25, 0.3) is 0 Å². The quantitative estimate of drug-likeness (QED) is 0.204. The summed E-state index contributed by atoms with van der Waals surface area (Å²) < 4.78 is 72.0. The van der Waals surface area contributed by atoms with Crippen molar-refractivity contribution in [1.82, 2.24) is 0 Å². The average Bonchev–Trinajstić information content (AvgIpc) is 2.81. The SMILES string of the molecule is CCCCCc1cc(F)c(C2CCc3c(ccc(C#Cc4cccc(F)c4F)c3F)C2)c(F)c1. The Morgan fingerprint density at radius 2 is 1.53 bits per heavy atom. The zero-order chi connectivity index (χ0) is 24.2. The van der Waals surface area contributed by atoms with Gasteiger partial charge >= 0.3 is 0 Å². The lowest BCUT2D eigenvalue weighted by Gasteiger charge is -2.26. The molecule has 0 N–H and O–H groups in total. The number of benzene rings is 3. The lowest BCUT2D eigenvalue weighted by Crippen LogP contribution is -2.17. The van der Waals surface area contributed by atoms with Crippen LogP contribution >= 0.6 is 0 Å². The molecule has 5 heteroatoms. The first-order valence-electron chi connectivity index (χ1n) is 11.6. The van der Waals surface area contributed by atoms with Crippen LogP contribution in [-0.4, -0.2) is 0 Å². The van der Waals surface area contributed by atoms with Crippen molar-refractivity contribution >= 4 is 0 Å². The van der Waals surface area contributed by atoms with Gasteiger partial charge in [-0.05, 0) is 85.0 Å². The topological polar surface area (TPSA) is 0 Å². The number of rotatable bonds is 5. The van der Waals surface area contributed by atoms with Crippen molar-refractivity contribution in [3.63, 3.8) is 0 Å². The number of halogens is 5. The predicted octanol–water partition coefficient (Wildman–Crippen LogP) is 7.79. The van der Waals surface area contributed by atoms with E-state index in [1.807, 2.05) is 0 Å². The maximum atomic E-state index is 15.1.